The first-order chi connectivity index (χ1) is 37.2. The number of nitrogens with one attached hydrogen (secondary N) is 2. The molecular formula is C48H64N5O24P. The number of fused-ring (bicyclic) bond motifs is 3. The van der Waals surface area contributed by atoms with Crippen LogP contribution in [0.2, 0.25) is 0 Å². The molecule has 3 aliphatic rings. The molecule has 3 aromatic rings. The fourth-order valence-electron chi connectivity index (χ4n) is 8.81. The van der Waals surface area contributed by atoms with E-state index in [1.54, 1.807) is 0 Å². The highest BCUT2D eigenvalue weighted by Gasteiger charge is 2.61. The normalized spacial score (nSPS) is 24.3. The Morgan fingerprint density at radius 1 is 0.885 bits per heavy atom. The van der Waals surface area contributed by atoms with E-state index >= 15 is 0 Å². The van der Waals surface area contributed by atoms with Crippen molar-refractivity contribution in [3.8, 4) is 11.1 Å². The first kappa shape index (κ1) is 61.7. The first-order valence-electron chi connectivity index (χ1n) is 24.6. The van der Waals surface area contributed by atoms with E-state index in [1.165, 1.54) is 6.07 Å². The Labute approximate surface area is 445 Å². The van der Waals surface area contributed by atoms with Crippen molar-refractivity contribution in [2.75, 3.05) is 78.3 Å². The third kappa shape index (κ3) is 16.8. The summed E-state index contributed by atoms with van der Waals surface area (Å²) in [5.41, 5.74) is 10.9. The molecule has 30 heteroatoms. The number of nitrogens with two attached hydrogens (primary N) is 1. The fourth-order valence-corrected chi connectivity index (χ4v) is 9.77. The SMILES string of the molecule is Nc1ccn([C@@H]2O[C@H](CO[P+]([O-])(O)O[C@@]3(C(=O)O)C[C@@H](O)[C@@H](CC(=O)CNC(=O)CCOCCOCCOCCCC(=O)CONC(=O)OCC4c5ccccc5-c5ccccc54)C([C@H](O)[C@H](O)CO)O3)[C@H](O)C2O)c(=O)n1. The van der Waals surface area contributed by atoms with E-state index in [0.717, 1.165) is 33.0 Å². The highest BCUT2D eigenvalue weighted by molar-refractivity contribution is 7.53. The second-order valence-electron chi connectivity index (χ2n) is 18.2. The van der Waals surface area contributed by atoms with Gasteiger partial charge in [-0.25, -0.2) is 14.4 Å². The van der Waals surface area contributed by atoms with Gasteiger partial charge in [0.2, 0.25) is 5.91 Å². The summed E-state index contributed by atoms with van der Waals surface area (Å²) in [6.07, 6.45) is -16.5. The lowest BCUT2D eigenvalue weighted by molar-refractivity contribution is -0.327. The maximum absolute atomic E-state index is 13.2. The number of aromatic nitrogens is 2. The van der Waals surface area contributed by atoms with Crippen LogP contribution in [0.25, 0.3) is 11.1 Å². The zero-order valence-corrected chi connectivity index (χ0v) is 42.8. The molecule has 2 amide bonds. The van der Waals surface area contributed by atoms with E-state index in [2.05, 4.69) is 15.8 Å². The summed E-state index contributed by atoms with van der Waals surface area (Å²) >= 11 is 0. The average Bonchev–Trinajstić information content (AvgIpc) is 3.89. The van der Waals surface area contributed by atoms with E-state index in [0.29, 0.717) is 6.42 Å². The number of ether oxygens (including phenoxy) is 6. The van der Waals surface area contributed by atoms with Crippen LogP contribution in [0.15, 0.2) is 65.6 Å². The summed E-state index contributed by atoms with van der Waals surface area (Å²) in [7, 11) is -5.65. The van der Waals surface area contributed by atoms with E-state index in [9.17, 15) is 74.3 Å². The third-order valence-electron chi connectivity index (χ3n) is 12.7. The molecule has 1 aromatic heterocycles. The molecule has 2 aliphatic heterocycles. The van der Waals surface area contributed by atoms with Crippen LogP contribution >= 0.6 is 8.17 Å². The number of amides is 2. The molecule has 3 unspecified atom stereocenters. The highest BCUT2D eigenvalue weighted by Crippen LogP contribution is 2.55. The van der Waals surface area contributed by atoms with Crippen molar-refractivity contribution >= 4 is 43.5 Å². The number of rotatable bonds is 32. The van der Waals surface area contributed by atoms with E-state index in [-0.39, 0.29) is 83.2 Å². The number of Topliss-reactive ketones (excluding diaryl/α,β-unsaturated/α-hetero) is 2. The van der Waals surface area contributed by atoms with Crippen molar-refractivity contribution in [2.24, 2.45) is 5.92 Å². The number of nitrogens with zero attached hydrogens (tertiary/aromatic N) is 2. The molecule has 0 radical (unpaired) electrons. The minimum atomic E-state index is -5.65. The summed E-state index contributed by atoms with van der Waals surface area (Å²) in [4.78, 5) is 107. The van der Waals surface area contributed by atoms with Gasteiger partial charge in [-0.15, -0.1) is 4.52 Å². The van der Waals surface area contributed by atoms with Gasteiger partial charge in [0.15, 0.2) is 17.8 Å². The van der Waals surface area contributed by atoms with Gasteiger partial charge in [0.1, 0.15) is 56.2 Å². The number of carboxylic acids is 1. The number of benzene rings is 2. The van der Waals surface area contributed by atoms with Gasteiger partial charge in [0.05, 0.1) is 58.4 Å². The van der Waals surface area contributed by atoms with Gasteiger partial charge in [-0.05, 0) is 34.7 Å². The lowest BCUT2D eigenvalue weighted by Crippen LogP contribution is -2.62. The minimum absolute atomic E-state index is 0.0730. The Morgan fingerprint density at radius 3 is 2.17 bits per heavy atom. The molecule has 0 bridgehead atoms. The molecule has 6 rings (SSSR count). The largest absolute Gasteiger partial charge is 0.606 e. The molecule has 11 atom stereocenters. The van der Waals surface area contributed by atoms with Gasteiger partial charge in [0, 0.05) is 50.3 Å². The summed E-state index contributed by atoms with van der Waals surface area (Å²) in [5.74, 6) is -8.99. The Morgan fingerprint density at radius 2 is 1.53 bits per heavy atom. The Bertz CT molecular complexity index is 2510. The molecule has 430 valence electrons. The third-order valence-corrected chi connectivity index (χ3v) is 13.7. The number of nitrogen functional groups attached to an aromatic ring is 1. The standard InChI is InChI=1S/C48H64N5O24P/c49-38-11-13-53(46(65)51-38)44-42(62)41(61)37(75-44)26-74-78(67,68)77-48(45(63)64)21-35(57)33(43(76-48)40(60)36(58)23-54)20-28(56)22-50-39(59)12-15-70-17-19-71-18-16-69-14-5-6-27(55)24-73-52-47(66)72-25-34-31-9-3-1-7-29(31)30-8-2-4-10-32(30)34/h1-4,7-11,13,33-37,40-44,54,57-58,60-62H,5-6,12,14-26H2,(H,50,59)(H,52,66)(H,63,64)(H,67,68)(H2,49,51,65)/t33-,35-,36-,37-,40-,41+,42?,43?,44-,48-/m1/s1. The van der Waals surface area contributed by atoms with E-state index in [4.69, 9.17) is 48.0 Å². The molecule has 2 aromatic carbocycles. The van der Waals surface area contributed by atoms with Gasteiger partial charge >= 0.3 is 31.7 Å². The van der Waals surface area contributed by atoms with Crippen molar-refractivity contribution < 1.29 is 112 Å². The number of aliphatic hydroxyl groups excluding tert-OH is 6. The lowest BCUT2D eigenvalue weighted by atomic mass is 9.80. The van der Waals surface area contributed by atoms with Gasteiger partial charge in [-0.2, -0.15) is 19.9 Å². The number of hydroxylamine groups is 1. The van der Waals surface area contributed by atoms with Crippen LogP contribution in [0.3, 0.4) is 0 Å². The van der Waals surface area contributed by atoms with Crippen molar-refractivity contribution in [3.63, 3.8) is 0 Å². The first-order valence-corrected chi connectivity index (χ1v) is 26.1. The van der Waals surface area contributed by atoms with Gasteiger partial charge < -0.3 is 80.1 Å². The smallest absolute Gasteiger partial charge is 0.431 e. The predicted octanol–water partition coefficient (Wildman–Crippen LogP) is -2.90. The molecule has 2 fully saturated rings. The molecule has 78 heavy (non-hydrogen) atoms. The Kier molecular flexibility index (Phi) is 23.0. The van der Waals surface area contributed by atoms with Gasteiger partial charge in [0.25, 0.3) is 0 Å². The number of carbonyl (C=O) groups excluding carboxylic acids is 4. The van der Waals surface area contributed by atoms with Crippen LogP contribution in [0.5, 0.6) is 0 Å². The predicted molar refractivity (Wildman–Crippen MR) is 262 cm³/mol. The molecule has 0 saturated carbocycles. The van der Waals surface area contributed by atoms with Crippen molar-refractivity contribution in [1.82, 2.24) is 20.3 Å². The average molecular weight is 1130 g/mol. The van der Waals surface area contributed by atoms with Crippen LogP contribution in [0.1, 0.15) is 55.4 Å². The highest BCUT2D eigenvalue weighted by atomic mass is 31.2. The molecule has 29 nitrogen and oxygen atoms in total. The quantitative estimate of drug-likeness (QED) is 0.0170. The number of anilines is 1. The van der Waals surface area contributed by atoms with Crippen LogP contribution in [-0.4, -0.2) is 201 Å². The van der Waals surface area contributed by atoms with Crippen molar-refractivity contribution in [1.29, 1.82) is 0 Å². The Hall–Kier alpha value is -5.54. The number of phosphoric ester groups is 1. The van der Waals surface area contributed by atoms with Crippen LogP contribution < -0.4 is 27.1 Å². The fraction of sp³-hybridized carbons (Fsp3) is 0.562. The van der Waals surface area contributed by atoms with Crippen LogP contribution in [0, 0.1) is 5.92 Å². The number of hydrogen-bond acceptors (Lipinski definition) is 25. The van der Waals surface area contributed by atoms with Crippen LogP contribution in [0.4, 0.5) is 10.6 Å². The van der Waals surface area contributed by atoms with E-state index in [1.807, 2.05) is 48.5 Å². The second kappa shape index (κ2) is 29.1. The summed E-state index contributed by atoms with van der Waals surface area (Å²) in [6, 6.07) is 17.0. The van der Waals surface area contributed by atoms with Crippen molar-refractivity contribution in [2.45, 2.75) is 92.8 Å². The zero-order valence-electron chi connectivity index (χ0n) is 41.9. The van der Waals surface area contributed by atoms with Crippen LogP contribution in [-0.2, 0) is 61.5 Å². The number of hydrogen-bond donors (Lipinski definition) is 11. The maximum Gasteiger partial charge on any atom is 0.431 e. The topological polar surface area (TPSA) is 438 Å². The molecular weight excluding hydrogens is 1060 g/mol. The zero-order chi connectivity index (χ0) is 56.6. The number of carbonyl (C=O) groups is 5. The Balaban J connectivity index is 0.815. The summed E-state index contributed by atoms with van der Waals surface area (Å²) in [5, 5.41) is 75.4. The summed E-state index contributed by atoms with van der Waals surface area (Å²) < 4.78 is 43.1. The molecule has 2 saturated heterocycles. The number of ketones is 2. The number of carboxylic acid groups (broad SMARTS) is 1. The van der Waals surface area contributed by atoms with E-state index < -0.39 is 131 Å². The molecule has 0 spiro atoms. The second-order valence-corrected chi connectivity index (χ2v) is 19.6. The van der Waals surface area contributed by atoms with Gasteiger partial charge in [-0.1, -0.05) is 48.5 Å². The summed E-state index contributed by atoms with van der Waals surface area (Å²) in [6.45, 7) is -2.22. The molecule has 12 N–H and O–H groups in total. The lowest BCUT2D eigenvalue weighted by Gasteiger charge is -2.46. The van der Waals surface area contributed by atoms with Crippen molar-refractivity contribution in [3.05, 3.63) is 82.4 Å². The molecule has 1 aliphatic carbocycles. The number of aliphatic hydroxyl groups is 6. The number of aliphatic carboxylic acids is 1. The number of phosphoric acid groups is 1. The maximum atomic E-state index is 13.2. The molecule has 3 heterocycles. The minimum Gasteiger partial charge on any atom is -0.606 e. The monoisotopic (exact) mass is 1130 g/mol. The van der Waals surface area contributed by atoms with Gasteiger partial charge in [-0.3, -0.25) is 23.8 Å².